The van der Waals surface area contributed by atoms with Crippen LogP contribution in [-0.2, 0) is 22.6 Å². The highest BCUT2D eigenvalue weighted by molar-refractivity contribution is 7.11. The van der Waals surface area contributed by atoms with Gasteiger partial charge in [-0.25, -0.2) is 0 Å². The molecule has 1 N–H and O–H groups in total. The van der Waals surface area contributed by atoms with Gasteiger partial charge in [-0.15, -0.1) is 11.3 Å². The molecular weight excluding hydrogens is 320 g/mol. The molecule has 1 aromatic carbocycles. The van der Waals surface area contributed by atoms with Crippen molar-refractivity contribution in [3.8, 4) is 0 Å². The van der Waals surface area contributed by atoms with Crippen LogP contribution in [-0.4, -0.2) is 16.4 Å². The van der Waals surface area contributed by atoms with Crippen LogP contribution in [0.4, 0.5) is 0 Å². The summed E-state index contributed by atoms with van der Waals surface area (Å²) in [5.74, 6) is -0.600. The van der Waals surface area contributed by atoms with Gasteiger partial charge in [-0.05, 0) is 29.9 Å². The van der Waals surface area contributed by atoms with E-state index in [2.05, 4.69) is 16.0 Å². The lowest BCUT2D eigenvalue weighted by Gasteiger charge is -2.14. The Kier molecular flexibility index (Phi) is 2.82. The molecule has 2 amide bonds. The number of carbonyl (C=O) groups is 2. The molecule has 0 aliphatic carbocycles. The van der Waals surface area contributed by atoms with Gasteiger partial charge in [0, 0.05) is 28.6 Å². The van der Waals surface area contributed by atoms with Gasteiger partial charge in [0.05, 0.1) is 16.7 Å². The van der Waals surface area contributed by atoms with Gasteiger partial charge < -0.3 is 4.57 Å². The molecular formula is C19H14N2O2S. The molecule has 24 heavy (non-hydrogen) atoms. The number of carbonyl (C=O) groups excluding carboxylic acids is 2. The number of nitrogens with zero attached hydrogens (tertiary/aromatic N) is 1. The number of imide groups is 1. The quantitative estimate of drug-likeness (QED) is 0.732. The lowest BCUT2D eigenvalue weighted by Crippen LogP contribution is -2.22. The van der Waals surface area contributed by atoms with Crippen molar-refractivity contribution in [3.05, 3.63) is 57.9 Å². The molecule has 5 heteroatoms. The number of rotatable bonds is 2. The summed E-state index contributed by atoms with van der Waals surface area (Å²) in [6.07, 6.45) is 4.19. The maximum atomic E-state index is 12.5. The van der Waals surface area contributed by atoms with Crippen LogP contribution in [0, 0.1) is 0 Å². The molecule has 118 valence electrons. The Morgan fingerprint density at radius 3 is 2.75 bits per heavy atom. The van der Waals surface area contributed by atoms with Crippen LogP contribution < -0.4 is 5.32 Å². The second-order valence-electron chi connectivity index (χ2n) is 6.16. The zero-order valence-electron chi connectivity index (χ0n) is 12.8. The second-order valence-corrected chi connectivity index (χ2v) is 7.11. The Labute approximate surface area is 142 Å². The second kappa shape index (κ2) is 4.92. The molecule has 0 unspecified atom stereocenters. The van der Waals surface area contributed by atoms with Gasteiger partial charge >= 0.3 is 0 Å². The van der Waals surface area contributed by atoms with E-state index in [1.165, 1.54) is 22.4 Å². The standard InChI is InChI=1S/C19H14N2O2S/c22-18-15(16(19(23)20-18)14-7-3-9-24-14)13-10-21-8-2-5-11-4-1-6-12(13)17(11)21/h1,3-4,6-7,9-10H,2,5,8H2,(H,20,22,23). The third-order valence-electron chi connectivity index (χ3n) is 4.80. The summed E-state index contributed by atoms with van der Waals surface area (Å²) in [5, 5.41) is 5.45. The van der Waals surface area contributed by atoms with Crippen molar-refractivity contribution in [1.82, 2.24) is 9.88 Å². The number of para-hydroxylation sites is 1. The minimum Gasteiger partial charge on any atom is -0.347 e. The van der Waals surface area contributed by atoms with Crippen molar-refractivity contribution in [3.63, 3.8) is 0 Å². The Morgan fingerprint density at radius 2 is 1.92 bits per heavy atom. The molecule has 0 radical (unpaired) electrons. The minimum absolute atomic E-state index is 0.299. The van der Waals surface area contributed by atoms with Gasteiger partial charge in [-0.2, -0.15) is 0 Å². The molecule has 4 heterocycles. The van der Waals surface area contributed by atoms with Crippen LogP contribution in [0.1, 0.15) is 22.4 Å². The van der Waals surface area contributed by atoms with Crippen LogP contribution >= 0.6 is 11.3 Å². The van der Waals surface area contributed by atoms with Crippen molar-refractivity contribution in [2.75, 3.05) is 0 Å². The fourth-order valence-corrected chi connectivity index (χ4v) is 4.60. The zero-order valence-corrected chi connectivity index (χ0v) is 13.7. The van der Waals surface area contributed by atoms with E-state index < -0.39 is 0 Å². The summed E-state index contributed by atoms with van der Waals surface area (Å²) >= 11 is 1.48. The fraction of sp³-hybridized carbons (Fsp3) is 0.158. The van der Waals surface area contributed by atoms with E-state index >= 15 is 0 Å². The summed E-state index contributed by atoms with van der Waals surface area (Å²) < 4.78 is 2.22. The Balaban J connectivity index is 1.85. The molecule has 2 aliphatic rings. The molecule has 0 bridgehead atoms. The van der Waals surface area contributed by atoms with Crippen molar-refractivity contribution >= 4 is 45.2 Å². The molecule has 3 aromatic rings. The van der Waals surface area contributed by atoms with Gasteiger partial charge in [0.15, 0.2) is 0 Å². The lowest BCUT2D eigenvalue weighted by molar-refractivity contribution is -0.122. The van der Waals surface area contributed by atoms with Gasteiger partial charge in [-0.3, -0.25) is 14.9 Å². The molecule has 2 aliphatic heterocycles. The van der Waals surface area contributed by atoms with E-state index in [0.29, 0.717) is 11.1 Å². The van der Waals surface area contributed by atoms with Crippen LogP contribution in [0.5, 0.6) is 0 Å². The molecule has 0 saturated heterocycles. The van der Waals surface area contributed by atoms with Crippen molar-refractivity contribution in [2.45, 2.75) is 19.4 Å². The van der Waals surface area contributed by atoms with Gasteiger partial charge in [0.2, 0.25) is 0 Å². The van der Waals surface area contributed by atoms with Crippen LogP contribution in [0.15, 0.2) is 41.9 Å². The van der Waals surface area contributed by atoms with Gasteiger partial charge in [-0.1, -0.05) is 24.3 Å². The number of benzene rings is 1. The maximum Gasteiger partial charge on any atom is 0.260 e. The first-order valence-corrected chi connectivity index (χ1v) is 8.87. The van der Waals surface area contributed by atoms with E-state index in [9.17, 15) is 9.59 Å². The summed E-state index contributed by atoms with van der Waals surface area (Å²) in [4.78, 5) is 25.7. The summed E-state index contributed by atoms with van der Waals surface area (Å²) in [7, 11) is 0. The smallest absolute Gasteiger partial charge is 0.260 e. The van der Waals surface area contributed by atoms with Crippen LogP contribution in [0.25, 0.3) is 22.0 Å². The molecule has 4 nitrogen and oxygen atoms in total. The number of aryl methyl sites for hydroxylation is 2. The topological polar surface area (TPSA) is 51.1 Å². The van der Waals surface area contributed by atoms with Crippen molar-refractivity contribution in [2.24, 2.45) is 0 Å². The molecule has 0 fully saturated rings. The highest BCUT2D eigenvalue weighted by Crippen LogP contribution is 2.39. The predicted octanol–water partition coefficient (Wildman–Crippen LogP) is 3.22. The highest BCUT2D eigenvalue weighted by Gasteiger charge is 2.34. The third kappa shape index (κ3) is 1.79. The number of amides is 2. The number of nitrogens with one attached hydrogen (secondary N) is 1. The SMILES string of the molecule is O=C1NC(=O)C(c2cn3c4c(cccc24)CCC3)=C1c1cccs1. The minimum atomic E-state index is -0.302. The predicted molar refractivity (Wildman–Crippen MR) is 94.5 cm³/mol. The lowest BCUT2D eigenvalue weighted by atomic mass is 9.97. The third-order valence-corrected chi connectivity index (χ3v) is 5.68. The van der Waals surface area contributed by atoms with E-state index in [-0.39, 0.29) is 11.8 Å². The first kappa shape index (κ1) is 13.7. The Bertz CT molecular complexity index is 1040. The number of aromatic nitrogens is 1. The van der Waals surface area contributed by atoms with Crippen molar-refractivity contribution < 1.29 is 9.59 Å². The average molecular weight is 334 g/mol. The average Bonchev–Trinajstić information content (AvgIpc) is 3.27. The van der Waals surface area contributed by atoms with E-state index in [1.807, 2.05) is 35.8 Å². The number of thiophene rings is 1. The first-order valence-electron chi connectivity index (χ1n) is 7.99. The Hall–Kier alpha value is -2.66. The molecule has 0 atom stereocenters. The van der Waals surface area contributed by atoms with Gasteiger partial charge in [0.1, 0.15) is 0 Å². The number of hydrogen-bond donors (Lipinski definition) is 1. The summed E-state index contributed by atoms with van der Waals surface area (Å²) in [6, 6.07) is 10.0. The monoisotopic (exact) mass is 334 g/mol. The van der Waals surface area contributed by atoms with Crippen molar-refractivity contribution in [1.29, 1.82) is 0 Å². The fourth-order valence-electron chi connectivity index (χ4n) is 3.82. The molecule has 0 spiro atoms. The normalized spacial score (nSPS) is 17.0. The zero-order chi connectivity index (χ0) is 16.3. The Morgan fingerprint density at radius 1 is 1.04 bits per heavy atom. The number of hydrogen-bond acceptors (Lipinski definition) is 3. The summed E-state index contributed by atoms with van der Waals surface area (Å²) in [5.41, 5.74) is 4.38. The first-order chi connectivity index (χ1) is 11.7. The molecule has 5 rings (SSSR count). The molecule has 2 aromatic heterocycles. The van der Waals surface area contributed by atoms with Crippen LogP contribution in [0.3, 0.4) is 0 Å². The summed E-state index contributed by atoms with van der Waals surface area (Å²) in [6.45, 7) is 0.949. The van der Waals surface area contributed by atoms with E-state index in [1.54, 1.807) is 0 Å². The largest absolute Gasteiger partial charge is 0.347 e. The van der Waals surface area contributed by atoms with E-state index in [4.69, 9.17) is 0 Å². The van der Waals surface area contributed by atoms with Gasteiger partial charge in [0.25, 0.3) is 11.8 Å². The van der Waals surface area contributed by atoms with Crippen LogP contribution in [0.2, 0.25) is 0 Å². The maximum absolute atomic E-state index is 12.5. The van der Waals surface area contributed by atoms with E-state index in [0.717, 1.165) is 35.2 Å². The highest BCUT2D eigenvalue weighted by atomic mass is 32.1. The molecule has 0 saturated carbocycles.